The maximum atomic E-state index is 12.5. The van der Waals surface area contributed by atoms with Crippen LogP contribution in [0.3, 0.4) is 0 Å². The summed E-state index contributed by atoms with van der Waals surface area (Å²) in [5, 5.41) is 7.75. The molecule has 2 aromatic rings. The van der Waals surface area contributed by atoms with Gasteiger partial charge < -0.3 is 9.64 Å². The maximum Gasteiger partial charge on any atom is 0.236 e. The first-order valence-corrected chi connectivity index (χ1v) is 9.00. The summed E-state index contributed by atoms with van der Waals surface area (Å²) >= 11 is 0. The number of hydrogen-bond acceptors (Lipinski definition) is 4. The van der Waals surface area contributed by atoms with E-state index in [2.05, 4.69) is 27.2 Å². The number of nitrogens with one attached hydrogen (secondary N) is 1. The fraction of sp³-hybridized carbons (Fsp3) is 0.474. The summed E-state index contributed by atoms with van der Waals surface area (Å²) in [7, 11) is 0. The van der Waals surface area contributed by atoms with Crippen LogP contribution in [0.4, 0.5) is 0 Å². The monoisotopic (exact) mass is 340 g/mol. The van der Waals surface area contributed by atoms with Gasteiger partial charge in [0.25, 0.3) is 0 Å². The van der Waals surface area contributed by atoms with E-state index in [9.17, 15) is 4.79 Å². The molecule has 0 radical (unpaired) electrons. The third kappa shape index (κ3) is 3.60. The zero-order chi connectivity index (χ0) is 17.1. The molecule has 0 bridgehead atoms. The molecule has 0 saturated carbocycles. The highest BCUT2D eigenvalue weighted by atomic mass is 16.5. The van der Waals surface area contributed by atoms with Crippen molar-refractivity contribution in [3.05, 3.63) is 41.6 Å². The van der Waals surface area contributed by atoms with Crippen LogP contribution < -0.4 is 0 Å². The zero-order valence-electron chi connectivity index (χ0n) is 14.4. The predicted octanol–water partition coefficient (Wildman–Crippen LogP) is 1.34. The minimum absolute atomic E-state index is 0.218. The van der Waals surface area contributed by atoms with Gasteiger partial charge >= 0.3 is 0 Å². The lowest BCUT2D eigenvalue weighted by Crippen LogP contribution is -2.46. The van der Waals surface area contributed by atoms with Crippen molar-refractivity contribution in [3.63, 3.8) is 0 Å². The van der Waals surface area contributed by atoms with Gasteiger partial charge in [-0.3, -0.25) is 14.8 Å². The Morgan fingerprint density at radius 3 is 2.64 bits per heavy atom. The summed E-state index contributed by atoms with van der Waals surface area (Å²) in [5.41, 5.74) is 4.71. The van der Waals surface area contributed by atoms with Gasteiger partial charge in [-0.05, 0) is 6.42 Å². The molecule has 2 aliphatic rings. The molecule has 4 rings (SSSR count). The van der Waals surface area contributed by atoms with Gasteiger partial charge in [0.1, 0.15) is 0 Å². The first-order valence-electron chi connectivity index (χ1n) is 9.00. The van der Waals surface area contributed by atoms with Crippen molar-refractivity contribution in [1.29, 1.82) is 0 Å². The van der Waals surface area contributed by atoms with Crippen LogP contribution in [-0.2, 0) is 22.4 Å². The van der Waals surface area contributed by atoms with Gasteiger partial charge in [-0.15, -0.1) is 0 Å². The van der Waals surface area contributed by atoms with Crippen LogP contribution in [0.1, 0.15) is 11.3 Å². The molecule has 0 aliphatic carbocycles. The summed E-state index contributed by atoms with van der Waals surface area (Å²) < 4.78 is 5.33. The molecule has 1 aromatic heterocycles. The molecule has 1 aromatic carbocycles. The third-order valence-electron chi connectivity index (χ3n) is 5.08. The zero-order valence-corrected chi connectivity index (χ0v) is 14.4. The summed E-state index contributed by atoms with van der Waals surface area (Å²) in [6, 6.07) is 10.3. The van der Waals surface area contributed by atoms with Crippen LogP contribution in [0.15, 0.2) is 30.3 Å². The topological polar surface area (TPSA) is 61.5 Å². The van der Waals surface area contributed by atoms with Crippen LogP contribution in [0.2, 0.25) is 0 Å². The fourth-order valence-corrected chi connectivity index (χ4v) is 3.63. The number of hydrogen-bond donors (Lipinski definition) is 1. The van der Waals surface area contributed by atoms with Crippen LogP contribution >= 0.6 is 0 Å². The Morgan fingerprint density at radius 2 is 1.84 bits per heavy atom. The van der Waals surface area contributed by atoms with Gasteiger partial charge in [0.05, 0.1) is 25.5 Å². The van der Waals surface area contributed by atoms with Crippen molar-refractivity contribution in [2.24, 2.45) is 0 Å². The molecule has 0 spiro atoms. The van der Waals surface area contributed by atoms with Crippen LogP contribution in [0.25, 0.3) is 11.3 Å². The van der Waals surface area contributed by atoms with Crippen LogP contribution in [0.5, 0.6) is 0 Å². The Morgan fingerprint density at radius 1 is 1.08 bits per heavy atom. The number of aromatic amines is 1. The Kier molecular flexibility index (Phi) is 4.81. The number of fused-ring (bicyclic) bond motifs is 1. The van der Waals surface area contributed by atoms with Gasteiger partial charge in [0.15, 0.2) is 0 Å². The largest absolute Gasteiger partial charge is 0.378 e. The molecule has 0 atom stereocenters. The molecule has 1 N–H and O–H groups in total. The first kappa shape index (κ1) is 16.3. The molecular formula is C19H24N4O2. The molecule has 2 aliphatic heterocycles. The lowest BCUT2D eigenvalue weighted by atomic mass is 10.0. The predicted molar refractivity (Wildman–Crippen MR) is 95.3 cm³/mol. The minimum atomic E-state index is 0.218. The van der Waals surface area contributed by atoms with Crippen molar-refractivity contribution >= 4 is 5.91 Å². The number of ether oxygens (including phenoxy) is 1. The van der Waals surface area contributed by atoms with Crippen molar-refractivity contribution in [1.82, 2.24) is 20.0 Å². The van der Waals surface area contributed by atoms with E-state index >= 15 is 0 Å². The quantitative estimate of drug-likeness (QED) is 0.916. The van der Waals surface area contributed by atoms with E-state index in [1.54, 1.807) is 0 Å². The first-order chi connectivity index (χ1) is 12.3. The Hall–Kier alpha value is -2.18. The van der Waals surface area contributed by atoms with E-state index in [4.69, 9.17) is 4.74 Å². The molecule has 6 nitrogen and oxygen atoms in total. The van der Waals surface area contributed by atoms with Crippen molar-refractivity contribution in [2.45, 2.75) is 12.8 Å². The van der Waals surface area contributed by atoms with E-state index in [0.717, 1.165) is 37.2 Å². The number of aromatic nitrogens is 2. The average Bonchev–Trinajstić information content (AvgIpc) is 2.98. The second kappa shape index (κ2) is 7.37. The Labute approximate surface area is 147 Å². The average molecular weight is 340 g/mol. The Balaban J connectivity index is 1.42. The number of benzene rings is 1. The third-order valence-corrected chi connectivity index (χ3v) is 5.08. The summed E-state index contributed by atoms with van der Waals surface area (Å²) in [4.78, 5) is 16.7. The number of amides is 1. The van der Waals surface area contributed by atoms with Gasteiger partial charge in [0.2, 0.25) is 5.91 Å². The molecular weight excluding hydrogens is 316 g/mol. The van der Waals surface area contributed by atoms with E-state index in [1.165, 1.54) is 11.3 Å². The highest BCUT2D eigenvalue weighted by Gasteiger charge is 2.24. The van der Waals surface area contributed by atoms with Gasteiger partial charge in [-0.25, -0.2) is 0 Å². The summed E-state index contributed by atoms with van der Waals surface area (Å²) in [6.45, 7) is 5.02. The lowest BCUT2D eigenvalue weighted by Gasteiger charge is -2.29. The summed E-state index contributed by atoms with van der Waals surface area (Å²) in [5.74, 6) is 0.218. The normalized spacial score (nSPS) is 18.6. The van der Waals surface area contributed by atoms with Crippen molar-refractivity contribution in [2.75, 3.05) is 45.9 Å². The number of nitrogens with zero attached hydrogens (tertiary/aromatic N) is 3. The van der Waals surface area contributed by atoms with E-state index in [0.29, 0.717) is 32.8 Å². The van der Waals surface area contributed by atoms with Crippen molar-refractivity contribution in [3.8, 4) is 11.3 Å². The molecule has 1 saturated heterocycles. The standard InChI is InChI=1S/C19H24N4O2/c24-18(23-10-12-25-13-11-23)14-22-8-6-16-17(7-9-22)20-21-19(16)15-4-2-1-3-5-15/h1-5H,6-14H2,(H,20,21). The number of morpholine rings is 1. The molecule has 1 amide bonds. The smallest absolute Gasteiger partial charge is 0.236 e. The number of carbonyl (C=O) groups excluding carboxylic acids is 1. The molecule has 1 fully saturated rings. The maximum absolute atomic E-state index is 12.5. The number of carbonyl (C=O) groups is 1. The van der Waals surface area contributed by atoms with Gasteiger partial charge in [-0.2, -0.15) is 5.10 Å². The van der Waals surface area contributed by atoms with Crippen LogP contribution in [0, 0.1) is 0 Å². The highest BCUT2D eigenvalue weighted by Crippen LogP contribution is 2.26. The number of H-pyrrole nitrogens is 1. The number of rotatable bonds is 3. The molecule has 6 heteroatoms. The highest BCUT2D eigenvalue weighted by molar-refractivity contribution is 5.78. The van der Waals surface area contributed by atoms with Gasteiger partial charge in [-0.1, -0.05) is 30.3 Å². The van der Waals surface area contributed by atoms with Gasteiger partial charge in [0, 0.05) is 49.4 Å². The summed E-state index contributed by atoms with van der Waals surface area (Å²) in [6.07, 6.45) is 1.83. The second-order valence-corrected chi connectivity index (χ2v) is 6.66. The Bertz CT molecular complexity index is 722. The molecule has 25 heavy (non-hydrogen) atoms. The van der Waals surface area contributed by atoms with Crippen molar-refractivity contribution < 1.29 is 9.53 Å². The molecule has 0 unspecified atom stereocenters. The molecule has 3 heterocycles. The second-order valence-electron chi connectivity index (χ2n) is 6.66. The van der Waals surface area contributed by atoms with Crippen LogP contribution in [-0.4, -0.2) is 71.8 Å². The van der Waals surface area contributed by atoms with E-state index < -0.39 is 0 Å². The fourth-order valence-electron chi connectivity index (χ4n) is 3.63. The minimum Gasteiger partial charge on any atom is -0.378 e. The van der Waals surface area contributed by atoms with E-state index in [-0.39, 0.29) is 5.91 Å². The molecule has 132 valence electrons. The van der Waals surface area contributed by atoms with E-state index in [1.807, 2.05) is 23.1 Å². The SMILES string of the molecule is O=C(CN1CCc2[nH]nc(-c3ccccc3)c2CC1)N1CCOCC1. The lowest BCUT2D eigenvalue weighted by molar-refractivity contribution is -0.136.